The van der Waals surface area contributed by atoms with Crippen molar-refractivity contribution in [2.24, 2.45) is 0 Å². The SMILES string of the molecule is CCCCCOCC(=O)N[C@@H](CCSC)c1nn[nH]n1. The minimum Gasteiger partial charge on any atom is -0.372 e. The summed E-state index contributed by atoms with van der Waals surface area (Å²) in [5.41, 5.74) is 0. The molecule has 0 unspecified atom stereocenters. The molecule has 0 fully saturated rings. The molecule has 0 spiro atoms. The first-order valence-electron chi connectivity index (χ1n) is 6.87. The number of hydrogen-bond donors (Lipinski definition) is 2. The summed E-state index contributed by atoms with van der Waals surface area (Å²) in [6.07, 6.45) is 6.05. The molecule has 20 heavy (non-hydrogen) atoms. The van der Waals surface area contributed by atoms with Crippen LogP contribution in [-0.4, -0.2) is 51.8 Å². The van der Waals surface area contributed by atoms with Crippen molar-refractivity contribution < 1.29 is 9.53 Å². The Hall–Kier alpha value is -1.15. The zero-order valence-corrected chi connectivity index (χ0v) is 12.9. The number of unbranched alkanes of at least 4 members (excludes halogenated alkanes) is 2. The molecule has 1 amide bonds. The maximum atomic E-state index is 11.8. The predicted octanol–water partition coefficient (Wildman–Crippen LogP) is 1.32. The third-order valence-electron chi connectivity index (χ3n) is 2.74. The van der Waals surface area contributed by atoms with Crippen molar-refractivity contribution in [3.8, 4) is 0 Å². The van der Waals surface area contributed by atoms with Gasteiger partial charge in [-0.1, -0.05) is 25.0 Å². The minimum absolute atomic E-state index is 0.0807. The molecule has 0 saturated heterocycles. The highest BCUT2D eigenvalue weighted by atomic mass is 32.2. The van der Waals surface area contributed by atoms with Crippen LogP contribution in [0.25, 0.3) is 0 Å². The third kappa shape index (κ3) is 6.85. The standard InChI is InChI=1S/C12H23N5O2S/c1-3-4-5-7-19-9-11(18)13-10(6-8-20-2)12-14-16-17-15-12/h10H,3-9H2,1-2H3,(H,13,18)(H,14,15,16,17)/t10-/m0/s1. The number of hydrogen-bond acceptors (Lipinski definition) is 6. The van der Waals surface area contributed by atoms with Gasteiger partial charge in [-0.3, -0.25) is 4.79 Å². The van der Waals surface area contributed by atoms with E-state index >= 15 is 0 Å². The van der Waals surface area contributed by atoms with Crippen LogP contribution in [0.2, 0.25) is 0 Å². The maximum Gasteiger partial charge on any atom is 0.246 e. The summed E-state index contributed by atoms with van der Waals surface area (Å²) in [7, 11) is 0. The van der Waals surface area contributed by atoms with Gasteiger partial charge in [0.1, 0.15) is 6.61 Å². The van der Waals surface area contributed by atoms with E-state index in [1.165, 1.54) is 0 Å². The lowest BCUT2D eigenvalue weighted by Crippen LogP contribution is -2.32. The monoisotopic (exact) mass is 301 g/mol. The minimum atomic E-state index is -0.215. The van der Waals surface area contributed by atoms with Gasteiger partial charge in [0.25, 0.3) is 0 Å². The lowest BCUT2D eigenvalue weighted by molar-refractivity contribution is -0.126. The first-order chi connectivity index (χ1) is 9.77. The highest BCUT2D eigenvalue weighted by Crippen LogP contribution is 2.13. The van der Waals surface area contributed by atoms with E-state index in [9.17, 15) is 4.79 Å². The Morgan fingerprint density at radius 2 is 2.35 bits per heavy atom. The van der Waals surface area contributed by atoms with E-state index in [0.29, 0.717) is 12.4 Å². The van der Waals surface area contributed by atoms with Crippen molar-refractivity contribution in [1.82, 2.24) is 25.9 Å². The van der Waals surface area contributed by atoms with Gasteiger partial charge in [0.2, 0.25) is 5.91 Å². The van der Waals surface area contributed by atoms with Crippen molar-refractivity contribution in [3.63, 3.8) is 0 Å². The molecule has 0 aromatic carbocycles. The number of rotatable bonds is 11. The molecule has 8 heteroatoms. The highest BCUT2D eigenvalue weighted by molar-refractivity contribution is 7.98. The number of thioether (sulfide) groups is 1. The van der Waals surface area contributed by atoms with Crippen molar-refractivity contribution in [1.29, 1.82) is 0 Å². The summed E-state index contributed by atoms with van der Waals surface area (Å²) in [4.78, 5) is 11.8. The van der Waals surface area contributed by atoms with E-state index in [4.69, 9.17) is 4.74 Å². The summed E-state index contributed by atoms with van der Waals surface area (Å²) in [6, 6.07) is -0.215. The highest BCUT2D eigenvalue weighted by Gasteiger charge is 2.18. The Kier molecular flexibility index (Phi) is 8.97. The van der Waals surface area contributed by atoms with E-state index in [1.54, 1.807) is 11.8 Å². The number of carbonyl (C=O) groups excluding carboxylic acids is 1. The first-order valence-corrected chi connectivity index (χ1v) is 8.26. The average molecular weight is 301 g/mol. The van der Waals surface area contributed by atoms with Crippen molar-refractivity contribution in [3.05, 3.63) is 5.82 Å². The van der Waals surface area contributed by atoms with Crippen LogP contribution in [0.3, 0.4) is 0 Å². The predicted molar refractivity (Wildman–Crippen MR) is 78.4 cm³/mol. The van der Waals surface area contributed by atoms with E-state index in [0.717, 1.165) is 31.4 Å². The van der Waals surface area contributed by atoms with Gasteiger partial charge in [-0.25, -0.2) is 0 Å². The Bertz CT molecular complexity index is 361. The van der Waals surface area contributed by atoms with E-state index in [-0.39, 0.29) is 18.6 Å². The Labute approximate surface area is 123 Å². The Balaban J connectivity index is 2.31. The van der Waals surface area contributed by atoms with Crippen LogP contribution in [0, 0.1) is 0 Å². The van der Waals surface area contributed by atoms with E-state index < -0.39 is 0 Å². The molecule has 0 aliphatic heterocycles. The topological polar surface area (TPSA) is 92.8 Å². The zero-order chi connectivity index (χ0) is 14.6. The number of tetrazole rings is 1. The molecule has 1 heterocycles. The molecule has 0 aliphatic carbocycles. The molecule has 0 bridgehead atoms. The summed E-state index contributed by atoms with van der Waals surface area (Å²) >= 11 is 1.71. The number of aromatic amines is 1. The number of nitrogens with one attached hydrogen (secondary N) is 2. The second kappa shape index (κ2) is 10.6. The first kappa shape index (κ1) is 16.9. The molecule has 0 radical (unpaired) electrons. The number of carbonyl (C=O) groups is 1. The zero-order valence-electron chi connectivity index (χ0n) is 12.1. The summed E-state index contributed by atoms with van der Waals surface area (Å²) < 4.78 is 5.34. The molecule has 1 rings (SSSR count). The van der Waals surface area contributed by atoms with Crippen molar-refractivity contribution >= 4 is 17.7 Å². The number of nitrogens with zero attached hydrogens (tertiary/aromatic N) is 3. The number of ether oxygens (including phenoxy) is 1. The van der Waals surface area contributed by atoms with Gasteiger partial charge < -0.3 is 10.1 Å². The molecule has 0 aliphatic rings. The van der Waals surface area contributed by atoms with Gasteiger partial charge in [-0.15, -0.1) is 10.2 Å². The van der Waals surface area contributed by atoms with Crippen LogP contribution < -0.4 is 5.32 Å². The number of aromatic nitrogens is 4. The van der Waals surface area contributed by atoms with Crippen LogP contribution in [-0.2, 0) is 9.53 Å². The molecule has 7 nitrogen and oxygen atoms in total. The molecule has 1 atom stereocenters. The molecule has 2 N–H and O–H groups in total. The normalized spacial score (nSPS) is 12.3. The van der Waals surface area contributed by atoms with Crippen molar-refractivity contribution in [2.75, 3.05) is 25.2 Å². The van der Waals surface area contributed by atoms with E-state index in [1.807, 2.05) is 6.26 Å². The molecule has 1 aromatic rings. The van der Waals surface area contributed by atoms with Crippen molar-refractivity contribution in [2.45, 2.75) is 38.6 Å². The third-order valence-corrected chi connectivity index (χ3v) is 3.39. The van der Waals surface area contributed by atoms with Gasteiger partial charge in [0.15, 0.2) is 5.82 Å². The lowest BCUT2D eigenvalue weighted by atomic mass is 10.2. The van der Waals surface area contributed by atoms with Crippen LogP contribution in [0.4, 0.5) is 0 Å². The molecular formula is C12H23N5O2S. The maximum absolute atomic E-state index is 11.8. The summed E-state index contributed by atoms with van der Waals surface area (Å²) in [6.45, 7) is 2.84. The molecular weight excluding hydrogens is 278 g/mol. The number of amides is 1. The fraction of sp³-hybridized carbons (Fsp3) is 0.833. The Morgan fingerprint density at radius 1 is 1.50 bits per heavy atom. The fourth-order valence-corrected chi connectivity index (χ4v) is 2.15. The van der Waals surface area contributed by atoms with Gasteiger partial charge >= 0.3 is 0 Å². The summed E-state index contributed by atoms with van der Waals surface area (Å²) in [5.74, 6) is 1.28. The van der Waals surface area contributed by atoms with Crippen LogP contribution >= 0.6 is 11.8 Å². The number of H-pyrrole nitrogens is 1. The quantitative estimate of drug-likeness (QED) is 0.599. The Morgan fingerprint density at radius 3 is 3.00 bits per heavy atom. The molecule has 114 valence electrons. The van der Waals surface area contributed by atoms with E-state index in [2.05, 4.69) is 32.9 Å². The van der Waals surface area contributed by atoms with Gasteiger partial charge in [0, 0.05) is 6.61 Å². The lowest BCUT2D eigenvalue weighted by Gasteiger charge is -2.14. The summed E-state index contributed by atoms with van der Waals surface area (Å²) in [5, 5.41) is 16.7. The average Bonchev–Trinajstić information content (AvgIpc) is 2.97. The molecule has 0 saturated carbocycles. The second-order valence-corrected chi connectivity index (χ2v) is 5.42. The van der Waals surface area contributed by atoms with Gasteiger partial charge in [-0.2, -0.15) is 17.0 Å². The second-order valence-electron chi connectivity index (χ2n) is 4.43. The van der Waals surface area contributed by atoms with Gasteiger partial charge in [0.05, 0.1) is 6.04 Å². The van der Waals surface area contributed by atoms with Gasteiger partial charge in [-0.05, 0) is 24.9 Å². The smallest absolute Gasteiger partial charge is 0.246 e. The largest absolute Gasteiger partial charge is 0.372 e. The van der Waals surface area contributed by atoms with Crippen LogP contribution in [0.1, 0.15) is 44.5 Å². The fourth-order valence-electron chi connectivity index (χ4n) is 1.67. The van der Waals surface area contributed by atoms with Crippen LogP contribution in [0.15, 0.2) is 0 Å². The molecule has 1 aromatic heterocycles. The van der Waals surface area contributed by atoms with Crippen LogP contribution in [0.5, 0.6) is 0 Å².